The van der Waals surface area contributed by atoms with E-state index in [9.17, 15) is 14.6 Å². The summed E-state index contributed by atoms with van der Waals surface area (Å²) in [5, 5.41) is 25.6. The molecule has 3 aromatic rings. The van der Waals surface area contributed by atoms with Crippen LogP contribution in [0.2, 0.25) is 5.02 Å². The number of nitrogens with one attached hydrogen (secondary N) is 1. The molecule has 1 aromatic heterocycles. The van der Waals surface area contributed by atoms with Crippen molar-refractivity contribution < 1.29 is 14.6 Å². The number of aliphatic hydroxyl groups is 2. The van der Waals surface area contributed by atoms with Gasteiger partial charge in [-0.25, -0.2) is 14.4 Å². The Morgan fingerprint density at radius 1 is 1.22 bits per heavy atom. The number of amidine groups is 1. The van der Waals surface area contributed by atoms with Gasteiger partial charge in [0.1, 0.15) is 11.7 Å². The van der Waals surface area contributed by atoms with E-state index in [1.807, 2.05) is 11.0 Å². The number of aliphatic imine (C=N–C) groups is 1. The number of aliphatic hydroxyl groups excluding tert-OH is 2. The first-order chi connectivity index (χ1) is 17.9. The van der Waals surface area contributed by atoms with Crippen LogP contribution in [0, 0.1) is 5.82 Å². The molecule has 4 aliphatic heterocycles. The van der Waals surface area contributed by atoms with Crippen molar-refractivity contribution in [1.82, 2.24) is 15.2 Å². The van der Waals surface area contributed by atoms with Crippen LogP contribution < -0.4 is 16.0 Å². The Balaban J connectivity index is 1.44. The Morgan fingerprint density at radius 3 is 2.76 bits per heavy atom. The summed E-state index contributed by atoms with van der Waals surface area (Å²) < 4.78 is 15.0. The van der Waals surface area contributed by atoms with Crippen molar-refractivity contribution in [2.24, 2.45) is 4.99 Å². The summed E-state index contributed by atoms with van der Waals surface area (Å²) in [4.78, 5) is 14.3. The number of thiazole rings is 1. The van der Waals surface area contributed by atoms with Gasteiger partial charge in [-0.1, -0.05) is 22.9 Å². The third-order valence-corrected chi connectivity index (χ3v) is 10.2. The highest BCUT2D eigenvalue weighted by Gasteiger charge is 2.42. The van der Waals surface area contributed by atoms with E-state index in [1.54, 1.807) is 17.8 Å². The van der Waals surface area contributed by atoms with Gasteiger partial charge in [-0.2, -0.15) is 0 Å². The number of fused-ring (bicyclic) bond motifs is 3. The number of aromatic nitrogens is 1. The van der Waals surface area contributed by atoms with Gasteiger partial charge >= 0.3 is 0 Å². The molecule has 0 aliphatic carbocycles. The third kappa shape index (κ3) is 3.74. The number of hydrogen-bond donors (Lipinski definition) is 4. The molecular weight excluding hydrogens is 535 g/mol. The molecular formula is C25H26ClFN6O2S2. The predicted molar refractivity (Wildman–Crippen MR) is 147 cm³/mol. The van der Waals surface area contributed by atoms with E-state index < -0.39 is 6.35 Å². The maximum atomic E-state index is 14.6. The molecule has 2 saturated heterocycles. The fourth-order valence-electron chi connectivity index (χ4n) is 6.21. The number of anilines is 2. The summed E-state index contributed by atoms with van der Waals surface area (Å²) in [5.41, 5.74) is 9.64. The topological polar surface area (TPSA) is 110 Å². The van der Waals surface area contributed by atoms with Crippen molar-refractivity contribution in [1.29, 1.82) is 0 Å². The third-order valence-electron chi connectivity index (χ3n) is 7.77. The van der Waals surface area contributed by atoms with Gasteiger partial charge < -0.3 is 31.1 Å². The number of nitrogens with two attached hydrogens (primary N) is 1. The van der Waals surface area contributed by atoms with Crippen LogP contribution in [0.3, 0.4) is 0 Å². The Bertz CT molecular complexity index is 1440. The minimum absolute atomic E-state index is 0.00791. The molecule has 4 atom stereocenters. The quantitative estimate of drug-likeness (QED) is 0.385. The van der Waals surface area contributed by atoms with Gasteiger partial charge in [0.15, 0.2) is 5.13 Å². The lowest BCUT2D eigenvalue weighted by molar-refractivity contribution is 0.155. The van der Waals surface area contributed by atoms with Crippen LogP contribution in [-0.4, -0.2) is 75.9 Å². The minimum Gasteiger partial charge on any atom is -0.396 e. The van der Waals surface area contributed by atoms with Crippen molar-refractivity contribution >= 4 is 61.6 Å². The highest BCUT2D eigenvalue weighted by Crippen LogP contribution is 2.52. The molecule has 0 saturated carbocycles. The Hall–Kier alpha value is -2.15. The van der Waals surface area contributed by atoms with E-state index in [-0.39, 0.29) is 18.5 Å². The van der Waals surface area contributed by atoms with E-state index in [0.29, 0.717) is 50.2 Å². The summed E-state index contributed by atoms with van der Waals surface area (Å²) in [7, 11) is 0. The van der Waals surface area contributed by atoms with Crippen LogP contribution in [0.4, 0.5) is 15.2 Å². The molecule has 2 bridgehead atoms. The van der Waals surface area contributed by atoms with Gasteiger partial charge in [0.05, 0.1) is 20.9 Å². The summed E-state index contributed by atoms with van der Waals surface area (Å²) in [5.74, 6) is 1.02. The van der Waals surface area contributed by atoms with Gasteiger partial charge in [0.25, 0.3) is 0 Å². The fraction of sp³-hybridized carbons (Fsp3) is 0.440. The minimum atomic E-state index is -1.08. The second-order valence-electron chi connectivity index (χ2n) is 10.0. The lowest BCUT2D eigenvalue weighted by atomic mass is 9.96. The zero-order valence-corrected chi connectivity index (χ0v) is 22.2. The van der Waals surface area contributed by atoms with Gasteiger partial charge in [0, 0.05) is 65.2 Å². The maximum absolute atomic E-state index is 14.6. The number of rotatable bonds is 3. The van der Waals surface area contributed by atoms with Crippen LogP contribution in [0.5, 0.6) is 0 Å². The number of thioether (sulfide) groups is 1. The molecule has 5 heterocycles. The van der Waals surface area contributed by atoms with Crippen molar-refractivity contribution in [2.75, 3.05) is 36.1 Å². The number of halogens is 2. The normalized spacial score (nSPS) is 26.5. The van der Waals surface area contributed by atoms with Crippen molar-refractivity contribution in [3.63, 3.8) is 0 Å². The number of piperazine rings is 1. The monoisotopic (exact) mass is 560 g/mol. The largest absolute Gasteiger partial charge is 0.396 e. The van der Waals surface area contributed by atoms with Crippen molar-refractivity contribution in [3.8, 4) is 11.1 Å². The molecule has 2 fully saturated rings. The molecule has 0 radical (unpaired) electrons. The molecule has 4 aliphatic rings. The van der Waals surface area contributed by atoms with E-state index in [2.05, 4.69) is 15.2 Å². The Morgan fingerprint density at radius 2 is 2.00 bits per heavy atom. The molecule has 0 spiro atoms. The van der Waals surface area contributed by atoms with Crippen molar-refractivity contribution in [3.05, 3.63) is 34.6 Å². The van der Waals surface area contributed by atoms with E-state index in [1.165, 1.54) is 6.07 Å². The summed E-state index contributed by atoms with van der Waals surface area (Å²) in [6.45, 7) is 1.65. The molecule has 7 rings (SSSR count). The van der Waals surface area contributed by atoms with Crippen molar-refractivity contribution in [2.45, 2.75) is 48.6 Å². The average Bonchev–Trinajstić information content (AvgIpc) is 3.44. The number of benzene rings is 2. The van der Waals surface area contributed by atoms with Gasteiger partial charge in [-0.15, -0.1) is 11.8 Å². The molecule has 2 aromatic carbocycles. The zero-order chi connectivity index (χ0) is 25.4. The maximum Gasteiger partial charge on any atom is 0.227 e. The Kier molecular flexibility index (Phi) is 5.79. The van der Waals surface area contributed by atoms with Crippen LogP contribution in [0.1, 0.15) is 24.8 Å². The van der Waals surface area contributed by atoms with E-state index in [4.69, 9.17) is 22.3 Å². The van der Waals surface area contributed by atoms with E-state index in [0.717, 1.165) is 64.8 Å². The first kappa shape index (κ1) is 23.9. The highest BCUT2D eigenvalue weighted by atomic mass is 35.5. The molecule has 8 nitrogen and oxygen atoms in total. The second kappa shape index (κ2) is 8.96. The lowest BCUT2D eigenvalue weighted by Gasteiger charge is -2.46. The number of likely N-dealkylation sites (tertiary alicyclic amines) is 1. The van der Waals surface area contributed by atoms with Crippen LogP contribution >= 0.6 is 34.7 Å². The first-order valence-corrected chi connectivity index (χ1v) is 14.6. The highest BCUT2D eigenvalue weighted by molar-refractivity contribution is 7.99. The molecule has 5 N–H and O–H groups in total. The zero-order valence-electron chi connectivity index (χ0n) is 19.8. The lowest BCUT2D eigenvalue weighted by Crippen LogP contribution is -2.56. The number of nitrogens with zero attached hydrogens (tertiary/aromatic N) is 4. The van der Waals surface area contributed by atoms with Gasteiger partial charge in [-0.3, -0.25) is 0 Å². The van der Waals surface area contributed by atoms with Crippen LogP contribution in [0.15, 0.2) is 28.1 Å². The standard InChI is InChI=1S/C25H26ClFN6O2S2/c26-16-7-15-20-22(18(16)14-3-4-17(27)21-19(14)30-24(28)37-21)36-10-13(5-6-34)33(20)25(35)31-23(15)32-8-11-1-2-12(9-32)29-11/h3-4,7,11-13,25,29,34-35H,1-2,5-6,8-10H2,(H2,28,30)/t11?,12?,13-,25?/m0/s1. The second-order valence-corrected chi connectivity index (χ2v) is 12.5. The number of nitrogen functional groups attached to an aromatic ring is 1. The molecule has 37 heavy (non-hydrogen) atoms. The fourth-order valence-corrected chi connectivity index (χ4v) is 8.74. The van der Waals surface area contributed by atoms with Gasteiger partial charge in [0.2, 0.25) is 6.35 Å². The number of hydrogen-bond acceptors (Lipinski definition) is 10. The molecule has 12 heteroatoms. The summed E-state index contributed by atoms with van der Waals surface area (Å²) >= 11 is 9.79. The molecule has 194 valence electrons. The summed E-state index contributed by atoms with van der Waals surface area (Å²) in [6, 6.07) is 5.76. The molecule has 3 unspecified atom stereocenters. The smallest absolute Gasteiger partial charge is 0.227 e. The van der Waals surface area contributed by atoms with E-state index >= 15 is 0 Å². The SMILES string of the molecule is Nc1nc2c(-c3c(Cl)cc4c5c3SC[C@H](CCO)N5C(O)N=C4N3CC4CCC(C3)N4)ccc(F)c2s1. The van der Waals surface area contributed by atoms with Crippen LogP contribution in [-0.2, 0) is 0 Å². The van der Waals surface area contributed by atoms with Crippen LogP contribution in [0.25, 0.3) is 21.3 Å². The molecule has 0 amide bonds. The predicted octanol–water partition coefficient (Wildman–Crippen LogP) is 3.47. The van der Waals surface area contributed by atoms with Gasteiger partial charge in [-0.05, 0) is 37.5 Å². The Labute approximate surface area is 226 Å². The summed E-state index contributed by atoms with van der Waals surface area (Å²) in [6.07, 6.45) is 1.69. The average molecular weight is 561 g/mol. The first-order valence-electron chi connectivity index (χ1n) is 12.4.